The van der Waals surface area contributed by atoms with E-state index in [-0.39, 0.29) is 12.5 Å². The molecule has 1 atom stereocenters. The molecule has 0 aliphatic carbocycles. The second kappa shape index (κ2) is 10.2. The number of rotatable bonds is 7. The molecule has 2 aromatic carbocycles. The van der Waals surface area contributed by atoms with Gasteiger partial charge in [-0.15, -0.1) is 0 Å². The number of imide groups is 1. The largest absolute Gasteiger partial charge is 0.338 e. The zero-order valence-corrected chi connectivity index (χ0v) is 16.3. The van der Waals surface area contributed by atoms with Crippen molar-refractivity contribution < 1.29 is 14.4 Å². The van der Waals surface area contributed by atoms with Crippen molar-refractivity contribution >= 4 is 23.5 Å². The van der Waals surface area contributed by atoms with E-state index in [1.165, 1.54) is 0 Å². The fraction of sp³-hybridized carbons (Fsp3) is 0.286. The molecular weight excluding hydrogens is 356 g/mol. The highest BCUT2D eigenvalue weighted by Gasteiger charge is 2.22. The van der Waals surface area contributed by atoms with Crippen LogP contribution < -0.4 is 21.3 Å². The van der Waals surface area contributed by atoms with E-state index in [1.807, 2.05) is 38.1 Å². The number of nitrogens with one attached hydrogen (secondary N) is 4. The molecule has 0 heterocycles. The summed E-state index contributed by atoms with van der Waals surface area (Å²) in [6, 6.07) is 13.3. The van der Waals surface area contributed by atoms with Crippen LogP contribution >= 0.6 is 0 Å². The Labute approximate surface area is 164 Å². The smallest absolute Gasteiger partial charge is 0.321 e. The number of aryl methyl sites for hydroxylation is 2. The highest BCUT2D eigenvalue weighted by molar-refractivity contribution is 5.98. The minimum atomic E-state index is -0.840. The Balaban J connectivity index is 2.07. The van der Waals surface area contributed by atoms with Gasteiger partial charge in [0, 0.05) is 12.2 Å². The maximum Gasteiger partial charge on any atom is 0.321 e. The normalized spacial score (nSPS) is 11.4. The second-order valence-corrected chi connectivity index (χ2v) is 6.39. The van der Waals surface area contributed by atoms with Gasteiger partial charge >= 0.3 is 6.03 Å². The molecule has 7 nitrogen and oxygen atoms in total. The Hall–Kier alpha value is -3.19. The summed E-state index contributed by atoms with van der Waals surface area (Å²) in [7, 11) is 0. The molecule has 0 bridgehead atoms. The van der Waals surface area contributed by atoms with E-state index >= 15 is 0 Å². The second-order valence-electron chi connectivity index (χ2n) is 6.39. The van der Waals surface area contributed by atoms with Crippen LogP contribution in [0.25, 0.3) is 0 Å². The molecule has 4 amide bonds. The number of hydrogen-bond acceptors (Lipinski definition) is 4. The molecule has 0 spiro atoms. The maximum absolute atomic E-state index is 12.5. The minimum absolute atomic E-state index is 0.0872. The van der Waals surface area contributed by atoms with E-state index in [4.69, 9.17) is 0 Å². The first-order valence-corrected chi connectivity index (χ1v) is 9.15. The molecule has 0 unspecified atom stereocenters. The van der Waals surface area contributed by atoms with Crippen LogP contribution in [0, 0.1) is 13.8 Å². The highest BCUT2D eigenvalue weighted by atomic mass is 16.2. The van der Waals surface area contributed by atoms with Gasteiger partial charge in [0.05, 0.1) is 6.54 Å². The van der Waals surface area contributed by atoms with E-state index in [9.17, 15) is 14.4 Å². The molecule has 0 saturated heterocycles. The molecule has 2 rings (SSSR count). The molecule has 0 radical (unpaired) electrons. The predicted octanol–water partition coefficient (Wildman–Crippen LogP) is 2.42. The molecule has 0 saturated carbocycles. The third-order valence-corrected chi connectivity index (χ3v) is 4.18. The number of amides is 4. The Kier molecular flexibility index (Phi) is 7.71. The number of hydrogen-bond donors (Lipinski definition) is 4. The molecule has 0 aliphatic rings. The van der Waals surface area contributed by atoms with Crippen LogP contribution in [-0.2, 0) is 9.59 Å². The number of urea groups is 1. The van der Waals surface area contributed by atoms with E-state index in [0.717, 1.165) is 16.8 Å². The SMILES string of the molecule is CCNC(=O)NC(=O)[C@H](NCC(=O)Nc1c(C)cccc1C)c1ccccc1. The zero-order chi connectivity index (χ0) is 20.5. The topological polar surface area (TPSA) is 99.3 Å². The van der Waals surface area contributed by atoms with E-state index < -0.39 is 18.0 Å². The predicted molar refractivity (Wildman–Crippen MR) is 109 cm³/mol. The van der Waals surface area contributed by atoms with E-state index in [2.05, 4.69) is 21.3 Å². The average Bonchev–Trinajstić information content (AvgIpc) is 2.66. The highest BCUT2D eigenvalue weighted by Crippen LogP contribution is 2.19. The van der Waals surface area contributed by atoms with Gasteiger partial charge in [0.1, 0.15) is 6.04 Å². The minimum Gasteiger partial charge on any atom is -0.338 e. The Bertz CT molecular complexity index is 817. The number of benzene rings is 2. The van der Waals surface area contributed by atoms with Crippen molar-refractivity contribution in [2.75, 3.05) is 18.4 Å². The molecule has 0 aliphatic heterocycles. The summed E-state index contributed by atoms with van der Waals surface area (Å²) in [5.74, 6) is -0.804. The third kappa shape index (κ3) is 5.92. The maximum atomic E-state index is 12.5. The summed E-state index contributed by atoms with van der Waals surface area (Å²) < 4.78 is 0. The first kappa shape index (κ1) is 21.1. The lowest BCUT2D eigenvalue weighted by atomic mass is 10.1. The number of para-hydroxylation sites is 1. The van der Waals surface area contributed by atoms with Gasteiger partial charge in [-0.3, -0.25) is 20.2 Å². The van der Waals surface area contributed by atoms with Gasteiger partial charge in [-0.2, -0.15) is 0 Å². The van der Waals surface area contributed by atoms with Crippen molar-refractivity contribution in [3.8, 4) is 0 Å². The summed E-state index contributed by atoms with van der Waals surface area (Å²) in [6.45, 7) is 5.91. The van der Waals surface area contributed by atoms with Crippen LogP contribution in [0.3, 0.4) is 0 Å². The van der Waals surface area contributed by atoms with Crippen LogP contribution in [-0.4, -0.2) is 30.9 Å². The Morgan fingerprint density at radius 2 is 1.57 bits per heavy atom. The molecule has 148 valence electrons. The summed E-state index contributed by atoms with van der Waals surface area (Å²) in [5, 5.41) is 10.6. The fourth-order valence-electron chi connectivity index (χ4n) is 2.79. The standard InChI is InChI=1S/C21H26N4O3/c1-4-22-21(28)25-20(27)19(16-11-6-5-7-12-16)23-13-17(26)24-18-14(2)9-8-10-15(18)3/h5-12,19,23H,4,13H2,1-3H3,(H,24,26)(H2,22,25,27,28)/t19-/m1/s1. The number of carbonyl (C=O) groups is 3. The van der Waals surface area contributed by atoms with Crippen molar-refractivity contribution in [3.63, 3.8) is 0 Å². The van der Waals surface area contributed by atoms with E-state index in [0.29, 0.717) is 12.1 Å². The van der Waals surface area contributed by atoms with Gasteiger partial charge in [-0.05, 0) is 37.5 Å². The zero-order valence-electron chi connectivity index (χ0n) is 16.3. The molecule has 4 N–H and O–H groups in total. The van der Waals surface area contributed by atoms with Crippen LogP contribution in [0.1, 0.15) is 29.7 Å². The van der Waals surface area contributed by atoms with Crippen LogP contribution in [0.4, 0.5) is 10.5 Å². The van der Waals surface area contributed by atoms with Crippen LogP contribution in [0.15, 0.2) is 48.5 Å². The molecule has 2 aromatic rings. The summed E-state index contributed by atoms with van der Waals surface area (Å²) in [4.78, 5) is 36.7. The lowest BCUT2D eigenvalue weighted by Crippen LogP contribution is -2.46. The fourth-order valence-corrected chi connectivity index (χ4v) is 2.79. The van der Waals surface area contributed by atoms with Gasteiger partial charge in [0.15, 0.2) is 0 Å². The molecule has 0 aromatic heterocycles. The first-order valence-electron chi connectivity index (χ1n) is 9.15. The van der Waals surface area contributed by atoms with Gasteiger partial charge in [-0.1, -0.05) is 48.5 Å². The monoisotopic (exact) mass is 382 g/mol. The van der Waals surface area contributed by atoms with Gasteiger partial charge in [0.2, 0.25) is 11.8 Å². The lowest BCUT2D eigenvalue weighted by molar-refractivity contribution is -0.122. The average molecular weight is 382 g/mol. The first-order chi connectivity index (χ1) is 13.4. The third-order valence-electron chi connectivity index (χ3n) is 4.18. The van der Waals surface area contributed by atoms with Gasteiger partial charge in [0.25, 0.3) is 0 Å². The van der Waals surface area contributed by atoms with Crippen molar-refractivity contribution in [1.82, 2.24) is 16.0 Å². The van der Waals surface area contributed by atoms with Gasteiger partial charge in [-0.25, -0.2) is 4.79 Å². The van der Waals surface area contributed by atoms with Crippen LogP contribution in [0.5, 0.6) is 0 Å². The summed E-state index contributed by atoms with van der Waals surface area (Å²) in [5.41, 5.74) is 3.34. The lowest BCUT2D eigenvalue weighted by Gasteiger charge is -2.19. The van der Waals surface area contributed by atoms with Crippen molar-refractivity contribution in [1.29, 1.82) is 0 Å². The quantitative estimate of drug-likeness (QED) is 0.591. The molecule has 28 heavy (non-hydrogen) atoms. The van der Waals surface area contributed by atoms with Gasteiger partial charge < -0.3 is 10.6 Å². The Morgan fingerprint density at radius 3 is 2.18 bits per heavy atom. The molecular formula is C21H26N4O3. The number of carbonyl (C=O) groups excluding carboxylic acids is 3. The number of anilines is 1. The van der Waals surface area contributed by atoms with Crippen molar-refractivity contribution in [2.24, 2.45) is 0 Å². The molecule has 7 heteroatoms. The summed E-state index contributed by atoms with van der Waals surface area (Å²) >= 11 is 0. The molecule has 0 fully saturated rings. The van der Waals surface area contributed by atoms with Crippen molar-refractivity contribution in [2.45, 2.75) is 26.8 Å². The van der Waals surface area contributed by atoms with E-state index in [1.54, 1.807) is 31.2 Å². The Morgan fingerprint density at radius 1 is 0.929 bits per heavy atom. The van der Waals surface area contributed by atoms with Crippen LogP contribution in [0.2, 0.25) is 0 Å². The summed E-state index contributed by atoms with van der Waals surface area (Å²) in [6.07, 6.45) is 0. The van der Waals surface area contributed by atoms with Crippen molar-refractivity contribution in [3.05, 3.63) is 65.2 Å².